The van der Waals surface area contributed by atoms with Gasteiger partial charge < -0.3 is 5.32 Å². The monoisotopic (exact) mass is 258 g/mol. The Balaban J connectivity index is 2.02. The molecule has 0 aliphatic heterocycles. The first kappa shape index (κ1) is 12.9. The van der Waals surface area contributed by atoms with Crippen molar-refractivity contribution in [3.63, 3.8) is 0 Å². The summed E-state index contributed by atoms with van der Waals surface area (Å²) in [6.45, 7) is 2.35. The molecule has 2 aromatic heterocycles. The number of hydrogen-bond donors (Lipinski definition) is 1. The van der Waals surface area contributed by atoms with E-state index in [1.165, 1.54) is 6.07 Å². The molecule has 0 aromatic carbocycles. The van der Waals surface area contributed by atoms with Crippen molar-refractivity contribution < 1.29 is 4.92 Å². The van der Waals surface area contributed by atoms with Crippen LogP contribution in [0, 0.1) is 17.0 Å². The summed E-state index contributed by atoms with van der Waals surface area (Å²) in [5.74, 6) is 0.305. The van der Waals surface area contributed by atoms with Gasteiger partial charge in [-0.1, -0.05) is 6.07 Å². The molecule has 0 atom stereocenters. The maximum atomic E-state index is 10.9. The van der Waals surface area contributed by atoms with Crippen molar-refractivity contribution in [2.24, 2.45) is 0 Å². The molecular formula is C13H14N4O2. The average Bonchev–Trinajstić information content (AvgIpc) is 2.41. The van der Waals surface area contributed by atoms with Gasteiger partial charge in [-0.2, -0.15) is 0 Å². The van der Waals surface area contributed by atoms with E-state index in [0.29, 0.717) is 12.4 Å². The molecule has 0 amide bonds. The van der Waals surface area contributed by atoms with Gasteiger partial charge in [-0.05, 0) is 30.5 Å². The zero-order chi connectivity index (χ0) is 13.7. The van der Waals surface area contributed by atoms with Gasteiger partial charge in [-0.25, -0.2) is 4.98 Å². The lowest BCUT2D eigenvalue weighted by atomic mass is 10.2. The summed E-state index contributed by atoms with van der Waals surface area (Å²) in [6.07, 6.45) is 5.84. The third-order valence-electron chi connectivity index (χ3n) is 2.63. The normalized spacial score (nSPS) is 10.2. The minimum atomic E-state index is -0.424. The van der Waals surface area contributed by atoms with Gasteiger partial charge >= 0.3 is 5.69 Å². The molecule has 2 heterocycles. The molecule has 0 bridgehead atoms. The molecule has 0 saturated carbocycles. The highest BCUT2D eigenvalue weighted by Crippen LogP contribution is 2.22. The Labute approximate surface area is 110 Å². The van der Waals surface area contributed by atoms with Crippen LogP contribution in [0.4, 0.5) is 11.5 Å². The van der Waals surface area contributed by atoms with Crippen LogP contribution in [0.15, 0.2) is 36.8 Å². The fourth-order valence-corrected chi connectivity index (χ4v) is 1.70. The van der Waals surface area contributed by atoms with Crippen molar-refractivity contribution in [2.75, 3.05) is 11.9 Å². The molecule has 0 fully saturated rings. The minimum absolute atomic E-state index is 0.00573. The van der Waals surface area contributed by atoms with Crippen molar-refractivity contribution in [1.29, 1.82) is 0 Å². The van der Waals surface area contributed by atoms with Gasteiger partial charge in [0.1, 0.15) is 0 Å². The lowest BCUT2D eigenvalue weighted by Gasteiger charge is -2.06. The van der Waals surface area contributed by atoms with E-state index in [-0.39, 0.29) is 5.69 Å². The number of rotatable bonds is 5. The Kier molecular flexibility index (Phi) is 4.02. The van der Waals surface area contributed by atoms with Crippen molar-refractivity contribution >= 4 is 11.5 Å². The third-order valence-corrected chi connectivity index (χ3v) is 2.63. The van der Waals surface area contributed by atoms with Crippen molar-refractivity contribution in [3.05, 3.63) is 58.0 Å². The summed E-state index contributed by atoms with van der Waals surface area (Å²) in [5, 5.41) is 13.9. The lowest BCUT2D eigenvalue weighted by Crippen LogP contribution is -2.08. The van der Waals surface area contributed by atoms with Gasteiger partial charge in [0.2, 0.25) is 5.82 Å². The van der Waals surface area contributed by atoms with Crippen LogP contribution in [0.2, 0.25) is 0 Å². The summed E-state index contributed by atoms with van der Waals surface area (Å²) < 4.78 is 0. The van der Waals surface area contributed by atoms with E-state index in [2.05, 4.69) is 15.3 Å². The second-order valence-corrected chi connectivity index (χ2v) is 4.18. The summed E-state index contributed by atoms with van der Waals surface area (Å²) in [7, 11) is 0. The fraction of sp³-hybridized carbons (Fsp3) is 0.231. The zero-order valence-electron chi connectivity index (χ0n) is 10.5. The molecule has 1 N–H and O–H groups in total. The average molecular weight is 258 g/mol. The van der Waals surface area contributed by atoms with E-state index in [1.807, 2.05) is 12.1 Å². The quantitative estimate of drug-likeness (QED) is 0.657. The summed E-state index contributed by atoms with van der Waals surface area (Å²) in [5.41, 5.74) is 1.85. The van der Waals surface area contributed by atoms with Crippen LogP contribution in [-0.2, 0) is 6.42 Å². The van der Waals surface area contributed by atoms with Crippen molar-refractivity contribution in [1.82, 2.24) is 9.97 Å². The molecule has 0 unspecified atom stereocenters. The van der Waals surface area contributed by atoms with Crippen LogP contribution in [0.1, 0.15) is 11.1 Å². The largest absolute Gasteiger partial charge is 0.364 e. The van der Waals surface area contributed by atoms with E-state index >= 15 is 0 Å². The molecule has 0 radical (unpaired) electrons. The highest BCUT2D eigenvalue weighted by Gasteiger charge is 2.14. The van der Waals surface area contributed by atoms with Crippen LogP contribution in [0.5, 0.6) is 0 Å². The number of nitrogens with one attached hydrogen (secondary N) is 1. The Morgan fingerprint density at radius 3 is 2.95 bits per heavy atom. The number of anilines is 1. The van der Waals surface area contributed by atoms with Gasteiger partial charge in [0.05, 0.1) is 4.92 Å². The Morgan fingerprint density at radius 2 is 2.26 bits per heavy atom. The van der Waals surface area contributed by atoms with E-state index in [4.69, 9.17) is 0 Å². The Bertz CT molecular complexity index is 572. The van der Waals surface area contributed by atoms with Gasteiger partial charge in [0.15, 0.2) is 0 Å². The van der Waals surface area contributed by atoms with E-state index in [0.717, 1.165) is 17.5 Å². The first-order valence-electron chi connectivity index (χ1n) is 5.90. The maximum absolute atomic E-state index is 10.9. The number of nitro groups is 1. The maximum Gasteiger partial charge on any atom is 0.311 e. The number of aryl methyl sites for hydroxylation is 1. The summed E-state index contributed by atoms with van der Waals surface area (Å²) >= 11 is 0. The number of aromatic nitrogens is 2. The second kappa shape index (κ2) is 5.90. The Morgan fingerprint density at radius 1 is 1.42 bits per heavy atom. The van der Waals surface area contributed by atoms with Crippen molar-refractivity contribution in [3.8, 4) is 0 Å². The number of nitrogens with zero attached hydrogens (tertiary/aromatic N) is 3. The van der Waals surface area contributed by atoms with Crippen LogP contribution >= 0.6 is 0 Å². The smallest absolute Gasteiger partial charge is 0.311 e. The first-order valence-corrected chi connectivity index (χ1v) is 5.90. The molecule has 98 valence electrons. The molecule has 0 aliphatic rings. The third kappa shape index (κ3) is 3.48. The highest BCUT2D eigenvalue weighted by atomic mass is 16.6. The second-order valence-electron chi connectivity index (χ2n) is 4.18. The zero-order valence-corrected chi connectivity index (χ0v) is 10.5. The molecule has 2 aromatic rings. The molecule has 19 heavy (non-hydrogen) atoms. The lowest BCUT2D eigenvalue weighted by molar-refractivity contribution is -0.384. The molecule has 2 rings (SSSR count). The summed E-state index contributed by atoms with van der Waals surface area (Å²) in [4.78, 5) is 18.6. The predicted molar refractivity (Wildman–Crippen MR) is 72.1 cm³/mol. The van der Waals surface area contributed by atoms with E-state index < -0.39 is 4.92 Å². The van der Waals surface area contributed by atoms with Crippen LogP contribution in [-0.4, -0.2) is 21.4 Å². The van der Waals surface area contributed by atoms with Crippen molar-refractivity contribution in [2.45, 2.75) is 13.3 Å². The molecular weight excluding hydrogens is 244 g/mol. The highest BCUT2D eigenvalue weighted by molar-refractivity contribution is 5.56. The molecule has 6 heteroatoms. The topological polar surface area (TPSA) is 81.0 Å². The number of hydrogen-bond acceptors (Lipinski definition) is 5. The van der Waals surface area contributed by atoms with Gasteiger partial charge in [-0.15, -0.1) is 0 Å². The van der Waals surface area contributed by atoms with Crippen LogP contribution in [0.3, 0.4) is 0 Å². The van der Waals surface area contributed by atoms with Gasteiger partial charge in [0.25, 0.3) is 0 Å². The fourth-order valence-electron chi connectivity index (χ4n) is 1.70. The molecule has 0 saturated heterocycles. The Hall–Kier alpha value is -2.50. The van der Waals surface area contributed by atoms with Gasteiger partial charge in [0, 0.05) is 31.2 Å². The van der Waals surface area contributed by atoms with E-state index in [9.17, 15) is 10.1 Å². The van der Waals surface area contributed by atoms with E-state index in [1.54, 1.807) is 25.5 Å². The molecule has 6 nitrogen and oxygen atoms in total. The SMILES string of the molecule is Cc1cnc(NCCc2cccnc2)c([N+](=O)[O-])c1. The van der Waals surface area contributed by atoms with Crippen LogP contribution in [0.25, 0.3) is 0 Å². The minimum Gasteiger partial charge on any atom is -0.364 e. The molecule has 0 spiro atoms. The number of pyridine rings is 2. The van der Waals surface area contributed by atoms with Gasteiger partial charge in [-0.3, -0.25) is 15.1 Å². The summed E-state index contributed by atoms with van der Waals surface area (Å²) in [6, 6.07) is 5.34. The van der Waals surface area contributed by atoms with Crippen LogP contribution < -0.4 is 5.32 Å². The molecule has 0 aliphatic carbocycles. The first-order chi connectivity index (χ1) is 9.16. The standard InChI is InChI=1S/C13H14N4O2/c1-10-7-12(17(18)19)13(16-8-10)15-6-4-11-3-2-5-14-9-11/h2-3,5,7-9H,4,6H2,1H3,(H,15,16). The predicted octanol–water partition coefficient (Wildman–Crippen LogP) is 2.35.